The summed E-state index contributed by atoms with van der Waals surface area (Å²) in [5.41, 5.74) is 1.39. The van der Waals surface area contributed by atoms with E-state index in [1.807, 2.05) is 54.6 Å². The Balaban J connectivity index is 1.47. The van der Waals surface area contributed by atoms with Crippen LogP contribution in [0.2, 0.25) is 0 Å². The molecule has 3 amide bonds. The lowest BCUT2D eigenvalue weighted by Gasteiger charge is -2.31. The van der Waals surface area contributed by atoms with Gasteiger partial charge in [-0.1, -0.05) is 61.4 Å². The van der Waals surface area contributed by atoms with E-state index < -0.39 is 17.4 Å². The van der Waals surface area contributed by atoms with Crippen molar-refractivity contribution >= 4 is 23.4 Å². The Morgan fingerprint density at radius 1 is 0.903 bits per heavy atom. The van der Waals surface area contributed by atoms with Gasteiger partial charge in [0.05, 0.1) is 11.8 Å². The average Bonchev–Trinajstić information content (AvgIpc) is 3.52. The Bertz CT molecular complexity index is 1080. The summed E-state index contributed by atoms with van der Waals surface area (Å²) in [6, 6.07) is 17.2. The number of likely N-dealkylation sites (tertiary alicyclic amines) is 1. The van der Waals surface area contributed by atoms with Gasteiger partial charge in [0, 0.05) is 23.3 Å². The van der Waals surface area contributed by atoms with Crippen LogP contribution < -0.4 is 10.6 Å². The number of carbonyl (C=O) groups excluding carboxylic acids is 3. The van der Waals surface area contributed by atoms with Crippen LogP contribution in [0.4, 0.5) is 5.69 Å². The van der Waals surface area contributed by atoms with Crippen LogP contribution in [0, 0.1) is 11.8 Å². The molecule has 2 aromatic carbocycles. The van der Waals surface area contributed by atoms with Gasteiger partial charge in [-0.05, 0) is 30.9 Å². The van der Waals surface area contributed by atoms with E-state index in [4.69, 9.17) is 0 Å². The lowest BCUT2D eigenvalue weighted by molar-refractivity contribution is -0.145. The molecule has 4 aliphatic rings. The Kier molecular flexibility index (Phi) is 4.09. The highest BCUT2D eigenvalue weighted by Crippen LogP contribution is 2.54. The van der Waals surface area contributed by atoms with Crippen LogP contribution in [0.1, 0.15) is 36.8 Å². The Morgan fingerprint density at radius 2 is 1.61 bits per heavy atom. The third-order valence-electron chi connectivity index (χ3n) is 7.64. The molecule has 1 saturated carbocycles. The van der Waals surface area contributed by atoms with Crippen molar-refractivity contribution < 1.29 is 14.4 Å². The number of hydrogen-bond donors (Lipinski definition) is 2. The number of nitrogens with one attached hydrogen (secondary N) is 2. The molecule has 0 aromatic heterocycles. The van der Waals surface area contributed by atoms with E-state index in [2.05, 4.69) is 10.6 Å². The van der Waals surface area contributed by atoms with E-state index in [0.717, 1.165) is 42.5 Å². The molecule has 0 bridgehead atoms. The number of rotatable bonds is 3. The predicted molar refractivity (Wildman–Crippen MR) is 115 cm³/mol. The average molecular weight is 415 g/mol. The molecule has 6 heteroatoms. The highest BCUT2D eigenvalue weighted by Gasteiger charge is 2.70. The first-order chi connectivity index (χ1) is 15.1. The van der Waals surface area contributed by atoms with Crippen LogP contribution in [-0.4, -0.2) is 34.7 Å². The van der Waals surface area contributed by atoms with Crippen LogP contribution in [0.5, 0.6) is 0 Å². The smallest absolute Gasteiger partial charge is 0.250 e. The molecule has 0 unspecified atom stereocenters. The van der Waals surface area contributed by atoms with Crippen LogP contribution in [0.15, 0.2) is 54.6 Å². The minimum atomic E-state index is -1.19. The molecule has 158 valence electrons. The largest absolute Gasteiger partial charge is 0.324 e. The van der Waals surface area contributed by atoms with Gasteiger partial charge in [-0.2, -0.15) is 0 Å². The minimum Gasteiger partial charge on any atom is -0.324 e. The monoisotopic (exact) mass is 415 g/mol. The summed E-state index contributed by atoms with van der Waals surface area (Å²) in [7, 11) is 0. The van der Waals surface area contributed by atoms with Gasteiger partial charge >= 0.3 is 0 Å². The zero-order valence-electron chi connectivity index (χ0n) is 17.2. The second-order valence-corrected chi connectivity index (χ2v) is 9.24. The van der Waals surface area contributed by atoms with E-state index in [0.29, 0.717) is 6.42 Å². The van der Waals surface area contributed by atoms with E-state index in [9.17, 15) is 14.4 Å². The number of imide groups is 1. The van der Waals surface area contributed by atoms with Gasteiger partial charge in [0.15, 0.2) is 0 Å². The number of carbonyl (C=O) groups is 3. The molecule has 2 N–H and O–H groups in total. The number of amides is 3. The number of anilines is 1. The summed E-state index contributed by atoms with van der Waals surface area (Å²) in [6.45, 7) is 0. The van der Waals surface area contributed by atoms with E-state index in [-0.39, 0.29) is 29.8 Å². The summed E-state index contributed by atoms with van der Waals surface area (Å²) < 4.78 is 0. The van der Waals surface area contributed by atoms with Gasteiger partial charge in [-0.25, -0.2) is 0 Å². The SMILES string of the molecule is O=C1[C@@H]2[C@@H](C(=O)N1C1CCCC1)[C@@]1(N[C@@H]2Cc2ccccc2)C(=O)Nc2ccccc21. The molecule has 3 fully saturated rings. The standard InChI is InChI=1S/C25H25N3O3/c29-22-20-19(14-15-8-2-1-3-9-15)27-25(17-12-6-7-13-18(17)26-24(25)31)21(20)23(30)28(22)16-10-4-5-11-16/h1-3,6-9,12-13,16,19-21,27H,4-5,10-11,14H2,(H,26,31)/t19-,20+,21+,25-/m1/s1. The fourth-order valence-corrected chi connectivity index (χ4v) is 6.35. The van der Waals surface area contributed by atoms with Crippen molar-refractivity contribution in [1.29, 1.82) is 0 Å². The molecule has 3 aliphatic heterocycles. The Labute approximate surface area is 181 Å². The Hall–Kier alpha value is -2.99. The minimum absolute atomic E-state index is 0.0280. The first-order valence-electron chi connectivity index (χ1n) is 11.2. The van der Waals surface area contributed by atoms with Gasteiger partial charge < -0.3 is 5.32 Å². The molecule has 31 heavy (non-hydrogen) atoms. The van der Waals surface area contributed by atoms with Gasteiger partial charge in [0.25, 0.3) is 0 Å². The number of benzene rings is 2. The fraction of sp³-hybridized carbons (Fsp3) is 0.400. The van der Waals surface area contributed by atoms with Gasteiger partial charge in [-0.15, -0.1) is 0 Å². The number of nitrogens with zero attached hydrogens (tertiary/aromatic N) is 1. The van der Waals surface area contributed by atoms with E-state index in [1.54, 1.807) is 0 Å². The molecule has 2 aromatic rings. The summed E-state index contributed by atoms with van der Waals surface area (Å²) in [4.78, 5) is 42.4. The van der Waals surface area contributed by atoms with Crippen molar-refractivity contribution in [3.8, 4) is 0 Å². The van der Waals surface area contributed by atoms with Gasteiger partial charge in [0.1, 0.15) is 5.54 Å². The molecular weight excluding hydrogens is 390 g/mol. The van der Waals surface area contributed by atoms with Crippen LogP contribution in [-0.2, 0) is 26.3 Å². The molecule has 4 atom stereocenters. The number of para-hydroxylation sites is 1. The molecule has 3 heterocycles. The van der Waals surface area contributed by atoms with Crippen molar-refractivity contribution in [2.24, 2.45) is 11.8 Å². The summed E-state index contributed by atoms with van der Waals surface area (Å²) in [6.07, 6.45) is 4.40. The first-order valence-corrected chi connectivity index (χ1v) is 11.2. The molecule has 6 rings (SSSR count). The maximum atomic E-state index is 13.8. The van der Waals surface area contributed by atoms with Crippen LogP contribution in [0.3, 0.4) is 0 Å². The lowest BCUT2D eigenvalue weighted by Crippen LogP contribution is -2.54. The zero-order valence-corrected chi connectivity index (χ0v) is 17.2. The lowest BCUT2D eigenvalue weighted by atomic mass is 9.76. The van der Waals surface area contributed by atoms with E-state index in [1.165, 1.54) is 4.90 Å². The van der Waals surface area contributed by atoms with Crippen molar-refractivity contribution in [3.05, 3.63) is 65.7 Å². The zero-order chi connectivity index (χ0) is 21.2. The normalized spacial score (nSPS) is 32.1. The maximum absolute atomic E-state index is 13.8. The quantitative estimate of drug-likeness (QED) is 0.756. The Morgan fingerprint density at radius 3 is 2.39 bits per heavy atom. The second kappa shape index (κ2) is 6.76. The molecule has 6 nitrogen and oxygen atoms in total. The number of hydrogen-bond acceptors (Lipinski definition) is 4. The highest BCUT2D eigenvalue weighted by molar-refractivity contribution is 6.15. The second-order valence-electron chi connectivity index (χ2n) is 9.24. The maximum Gasteiger partial charge on any atom is 0.250 e. The fourth-order valence-electron chi connectivity index (χ4n) is 6.35. The van der Waals surface area contributed by atoms with E-state index >= 15 is 0 Å². The van der Waals surface area contributed by atoms with Crippen molar-refractivity contribution in [1.82, 2.24) is 10.2 Å². The third-order valence-corrected chi connectivity index (χ3v) is 7.64. The molecular formula is C25H25N3O3. The number of fused-ring (bicyclic) bond motifs is 4. The molecule has 1 spiro atoms. The van der Waals surface area contributed by atoms with Crippen molar-refractivity contribution in [2.75, 3.05) is 5.32 Å². The molecule has 0 radical (unpaired) electrons. The molecule has 2 saturated heterocycles. The van der Waals surface area contributed by atoms with Crippen molar-refractivity contribution in [2.45, 2.75) is 49.7 Å². The summed E-state index contributed by atoms with van der Waals surface area (Å²) in [5.74, 6) is -1.77. The van der Waals surface area contributed by atoms with Crippen LogP contribution in [0.25, 0.3) is 0 Å². The first kappa shape index (κ1) is 18.8. The van der Waals surface area contributed by atoms with Gasteiger partial charge in [0.2, 0.25) is 17.7 Å². The topological polar surface area (TPSA) is 78.5 Å². The highest BCUT2D eigenvalue weighted by atomic mass is 16.2. The van der Waals surface area contributed by atoms with Crippen LogP contribution >= 0.6 is 0 Å². The van der Waals surface area contributed by atoms with Gasteiger partial charge in [-0.3, -0.25) is 24.6 Å². The van der Waals surface area contributed by atoms with Crippen molar-refractivity contribution in [3.63, 3.8) is 0 Å². The summed E-state index contributed by atoms with van der Waals surface area (Å²) >= 11 is 0. The predicted octanol–water partition coefficient (Wildman–Crippen LogP) is 2.59. The summed E-state index contributed by atoms with van der Waals surface area (Å²) in [5, 5.41) is 6.48. The third kappa shape index (κ3) is 2.51. The molecule has 1 aliphatic carbocycles.